The molecule has 3 aromatic rings. The van der Waals surface area contributed by atoms with Crippen LogP contribution in [-0.4, -0.2) is 56.1 Å². The topological polar surface area (TPSA) is 93.2 Å². The molecule has 4 rings (SSSR count). The van der Waals surface area contributed by atoms with Crippen molar-refractivity contribution in [3.8, 4) is 11.4 Å². The van der Waals surface area contributed by atoms with Gasteiger partial charge in [0, 0.05) is 49.3 Å². The molecule has 1 amide bonds. The van der Waals surface area contributed by atoms with Gasteiger partial charge in [-0.15, -0.1) is 0 Å². The number of hydrogen-bond acceptors (Lipinski definition) is 7. The smallest absolute Gasteiger partial charge is 0.244 e. The molecule has 27 heavy (non-hydrogen) atoms. The predicted octanol–water partition coefficient (Wildman–Crippen LogP) is 1.64. The Labute approximate surface area is 161 Å². The summed E-state index contributed by atoms with van der Waals surface area (Å²) in [6.45, 7) is 4.82. The third-order valence-corrected chi connectivity index (χ3v) is 5.35. The normalized spacial score (nSPS) is 14.6. The standard InChI is InChI=1S/C18H21N7OS/c1-13-11-15(19)25(21-13)12-16(26)23-7-9-24(10-8-23)18-20-17(22-27-18)14-5-3-2-4-6-14/h2-6,11H,7-10,12,19H2,1H3. The molecule has 0 spiro atoms. The largest absolute Gasteiger partial charge is 0.384 e. The number of aryl methyl sites for hydroxylation is 1. The molecule has 140 valence electrons. The van der Waals surface area contributed by atoms with Crippen LogP contribution in [0.25, 0.3) is 11.4 Å². The van der Waals surface area contributed by atoms with Gasteiger partial charge < -0.3 is 15.5 Å². The number of hydrogen-bond donors (Lipinski definition) is 1. The molecule has 0 saturated carbocycles. The van der Waals surface area contributed by atoms with Gasteiger partial charge in [-0.3, -0.25) is 4.79 Å². The summed E-state index contributed by atoms with van der Waals surface area (Å²) in [4.78, 5) is 21.2. The third kappa shape index (κ3) is 3.77. The van der Waals surface area contributed by atoms with Gasteiger partial charge in [-0.05, 0) is 6.92 Å². The van der Waals surface area contributed by atoms with Gasteiger partial charge in [0.25, 0.3) is 0 Å². The highest BCUT2D eigenvalue weighted by molar-refractivity contribution is 7.09. The van der Waals surface area contributed by atoms with E-state index in [4.69, 9.17) is 5.73 Å². The number of nitrogens with two attached hydrogens (primary N) is 1. The van der Waals surface area contributed by atoms with Crippen molar-refractivity contribution in [1.29, 1.82) is 0 Å². The maximum Gasteiger partial charge on any atom is 0.244 e. The van der Waals surface area contributed by atoms with Crippen molar-refractivity contribution in [2.75, 3.05) is 36.8 Å². The Morgan fingerprint density at radius 1 is 1.19 bits per heavy atom. The summed E-state index contributed by atoms with van der Waals surface area (Å²) in [5.74, 6) is 1.30. The number of piperazine rings is 1. The van der Waals surface area contributed by atoms with Crippen LogP contribution in [0.2, 0.25) is 0 Å². The minimum Gasteiger partial charge on any atom is -0.384 e. The van der Waals surface area contributed by atoms with Crippen molar-refractivity contribution in [3.63, 3.8) is 0 Å². The van der Waals surface area contributed by atoms with Crippen LogP contribution in [0.3, 0.4) is 0 Å². The molecule has 0 atom stereocenters. The van der Waals surface area contributed by atoms with Crippen LogP contribution < -0.4 is 10.6 Å². The summed E-state index contributed by atoms with van der Waals surface area (Å²) in [5, 5.41) is 5.15. The molecule has 2 N–H and O–H groups in total. The second-order valence-corrected chi connectivity index (χ2v) is 7.23. The van der Waals surface area contributed by atoms with Gasteiger partial charge >= 0.3 is 0 Å². The fourth-order valence-electron chi connectivity index (χ4n) is 3.12. The van der Waals surface area contributed by atoms with Crippen LogP contribution in [0.4, 0.5) is 10.9 Å². The number of carbonyl (C=O) groups excluding carboxylic acids is 1. The lowest BCUT2D eigenvalue weighted by molar-refractivity contribution is -0.132. The summed E-state index contributed by atoms with van der Waals surface area (Å²) in [6.07, 6.45) is 0. The van der Waals surface area contributed by atoms with Gasteiger partial charge in [0.1, 0.15) is 12.4 Å². The molecule has 3 heterocycles. The predicted molar refractivity (Wildman–Crippen MR) is 106 cm³/mol. The molecular formula is C18H21N7OS. The maximum atomic E-state index is 12.5. The van der Waals surface area contributed by atoms with Gasteiger partial charge in [0.05, 0.1) is 5.69 Å². The van der Waals surface area contributed by atoms with Crippen LogP contribution in [0, 0.1) is 6.92 Å². The Kier molecular flexibility index (Phi) is 4.76. The van der Waals surface area contributed by atoms with Crippen molar-refractivity contribution in [3.05, 3.63) is 42.1 Å². The van der Waals surface area contributed by atoms with Gasteiger partial charge in [-0.1, -0.05) is 30.3 Å². The van der Waals surface area contributed by atoms with Crippen LogP contribution in [0.15, 0.2) is 36.4 Å². The molecule has 8 nitrogen and oxygen atoms in total. The number of nitrogen functional groups attached to an aromatic ring is 1. The number of nitrogens with zero attached hydrogens (tertiary/aromatic N) is 6. The van der Waals surface area contributed by atoms with E-state index in [0.29, 0.717) is 18.9 Å². The number of anilines is 2. The van der Waals surface area contributed by atoms with Gasteiger partial charge in [-0.25, -0.2) is 4.68 Å². The average Bonchev–Trinajstić information content (AvgIpc) is 3.29. The Bertz CT molecular complexity index is 928. The van der Waals surface area contributed by atoms with E-state index in [1.165, 1.54) is 11.5 Å². The monoisotopic (exact) mass is 383 g/mol. The SMILES string of the molecule is Cc1cc(N)n(CC(=O)N2CCN(c3nc(-c4ccccc4)ns3)CC2)n1. The Morgan fingerprint density at radius 2 is 1.93 bits per heavy atom. The lowest BCUT2D eigenvalue weighted by Gasteiger charge is -2.34. The molecule has 9 heteroatoms. The summed E-state index contributed by atoms with van der Waals surface area (Å²) < 4.78 is 6.02. The molecule has 0 aliphatic carbocycles. The van der Waals surface area contributed by atoms with E-state index in [2.05, 4.69) is 19.4 Å². The van der Waals surface area contributed by atoms with Gasteiger partial charge in [0.15, 0.2) is 5.82 Å². The molecule has 0 unspecified atom stereocenters. The van der Waals surface area contributed by atoms with E-state index in [1.807, 2.05) is 42.2 Å². The van der Waals surface area contributed by atoms with Crippen molar-refractivity contribution < 1.29 is 4.79 Å². The zero-order chi connectivity index (χ0) is 18.8. The quantitative estimate of drug-likeness (QED) is 0.736. The lowest BCUT2D eigenvalue weighted by Crippen LogP contribution is -2.49. The van der Waals surface area contributed by atoms with Gasteiger partial charge in [0.2, 0.25) is 11.0 Å². The highest BCUT2D eigenvalue weighted by Crippen LogP contribution is 2.24. The van der Waals surface area contributed by atoms with Crippen LogP contribution in [0.1, 0.15) is 5.69 Å². The summed E-state index contributed by atoms with van der Waals surface area (Å²) in [7, 11) is 0. The second kappa shape index (κ2) is 7.36. The molecule has 1 saturated heterocycles. The van der Waals surface area contributed by atoms with Crippen LogP contribution in [-0.2, 0) is 11.3 Å². The second-order valence-electron chi connectivity index (χ2n) is 6.50. The summed E-state index contributed by atoms with van der Waals surface area (Å²) in [6, 6.07) is 11.7. The van der Waals surface area contributed by atoms with E-state index >= 15 is 0 Å². The average molecular weight is 383 g/mol. The van der Waals surface area contributed by atoms with Crippen LogP contribution >= 0.6 is 11.5 Å². The van der Waals surface area contributed by atoms with E-state index in [1.54, 1.807) is 10.7 Å². The first-order valence-electron chi connectivity index (χ1n) is 8.82. The zero-order valence-electron chi connectivity index (χ0n) is 15.1. The molecule has 1 aromatic carbocycles. The van der Waals surface area contributed by atoms with Crippen molar-refractivity contribution in [1.82, 2.24) is 24.0 Å². The molecule has 1 aliphatic heterocycles. The third-order valence-electron chi connectivity index (χ3n) is 4.57. The first kappa shape index (κ1) is 17.5. The minimum atomic E-state index is 0.0340. The number of carbonyl (C=O) groups is 1. The Hall–Kier alpha value is -2.94. The fraction of sp³-hybridized carbons (Fsp3) is 0.333. The Balaban J connectivity index is 1.36. The van der Waals surface area contributed by atoms with E-state index in [-0.39, 0.29) is 12.5 Å². The van der Waals surface area contributed by atoms with E-state index in [0.717, 1.165) is 35.3 Å². The molecule has 0 bridgehead atoms. The number of benzene rings is 1. The molecule has 1 aliphatic rings. The molecule has 1 fully saturated rings. The minimum absolute atomic E-state index is 0.0340. The summed E-state index contributed by atoms with van der Waals surface area (Å²) >= 11 is 1.40. The Morgan fingerprint density at radius 3 is 2.59 bits per heavy atom. The number of rotatable bonds is 4. The zero-order valence-corrected chi connectivity index (χ0v) is 15.9. The van der Waals surface area contributed by atoms with Crippen molar-refractivity contribution >= 4 is 28.4 Å². The first-order valence-corrected chi connectivity index (χ1v) is 9.59. The molecular weight excluding hydrogens is 362 g/mol. The fourth-order valence-corrected chi connectivity index (χ4v) is 3.86. The number of aromatic nitrogens is 4. The van der Waals surface area contributed by atoms with Crippen molar-refractivity contribution in [2.45, 2.75) is 13.5 Å². The maximum absolute atomic E-state index is 12.5. The van der Waals surface area contributed by atoms with Gasteiger partial charge in [-0.2, -0.15) is 14.5 Å². The van der Waals surface area contributed by atoms with E-state index < -0.39 is 0 Å². The first-order chi connectivity index (χ1) is 13.1. The molecule has 0 radical (unpaired) electrons. The van der Waals surface area contributed by atoms with Crippen LogP contribution in [0.5, 0.6) is 0 Å². The van der Waals surface area contributed by atoms with Crippen molar-refractivity contribution in [2.24, 2.45) is 0 Å². The highest BCUT2D eigenvalue weighted by Gasteiger charge is 2.24. The molecule has 2 aromatic heterocycles. The van der Waals surface area contributed by atoms with E-state index in [9.17, 15) is 4.79 Å². The summed E-state index contributed by atoms with van der Waals surface area (Å²) in [5.41, 5.74) is 7.71. The highest BCUT2D eigenvalue weighted by atomic mass is 32.1. The lowest BCUT2D eigenvalue weighted by atomic mass is 10.2. The number of amides is 1.